The van der Waals surface area contributed by atoms with Gasteiger partial charge in [-0.05, 0) is 65.5 Å². The molecular weight excluding hydrogens is 438 g/mol. The summed E-state index contributed by atoms with van der Waals surface area (Å²) in [5, 5.41) is 16.1. The van der Waals surface area contributed by atoms with E-state index in [1.54, 1.807) is 19.1 Å². The summed E-state index contributed by atoms with van der Waals surface area (Å²) in [5.41, 5.74) is 6.32. The number of esters is 1. The first kappa shape index (κ1) is 25.1. The van der Waals surface area contributed by atoms with E-state index in [-0.39, 0.29) is 41.6 Å². The number of anilines is 2. The van der Waals surface area contributed by atoms with Crippen LogP contribution in [0.1, 0.15) is 63.9 Å². The number of benzene rings is 1. The lowest BCUT2D eigenvalue weighted by atomic mass is 9.91. The zero-order chi connectivity index (χ0) is 24.9. The lowest BCUT2D eigenvalue weighted by Crippen LogP contribution is -2.42. The lowest BCUT2D eigenvalue weighted by Gasteiger charge is -2.31. The second-order valence-electron chi connectivity index (χ2n) is 9.27. The first-order chi connectivity index (χ1) is 16.1. The normalized spacial score (nSPS) is 18.1. The van der Waals surface area contributed by atoms with Crippen LogP contribution in [0.15, 0.2) is 24.3 Å². The van der Waals surface area contributed by atoms with Crippen LogP contribution in [-0.4, -0.2) is 51.4 Å². The van der Waals surface area contributed by atoms with E-state index < -0.39 is 17.7 Å². The van der Waals surface area contributed by atoms with Crippen molar-refractivity contribution in [3.63, 3.8) is 0 Å². The molecule has 3 rings (SSSR count). The van der Waals surface area contributed by atoms with Gasteiger partial charge >= 0.3 is 12.1 Å². The van der Waals surface area contributed by atoms with Gasteiger partial charge in [-0.15, -0.1) is 0 Å². The van der Waals surface area contributed by atoms with Gasteiger partial charge < -0.3 is 30.9 Å². The number of nitrogens with zero attached hydrogens (tertiary/aromatic N) is 2. The number of nitrogens with two attached hydrogens (primary N) is 1. The van der Waals surface area contributed by atoms with Crippen molar-refractivity contribution in [2.75, 3.05) is 17.7 Å². The molecule has 1 aliphatic carbocycles. The SMILES string of the molecule is CCOC(=O)c1nc(-c2cccc(O)c2)nc(N[C@H]2CC[C@H](NC(=O)OC(C)(C)C)CC2)c1N. The van der Waals surface area contributed by atoms with Crippen LogP contribution in [0.5, 0.6) is 5.75 Å². The van der Waals surface area contributed by atoms with Gasteiger partial charge in [-0.3, -0.25) is 0 Å². The molecule has 0 saturated heterocycles. The van der Waals surface area contributed by atoms with Crippen LogP contribution in [0.4, 0.5) is 16.3 Å². The van der Waals surface area contributed by atoms with Crippen LogP contribution >= 0.6 is 0 Å². The molecule has 1 fully saturated rings. The minimum atomic E-state index is -0.642. The number of hydrogen-bond acceptors (Lipinski definition) is 9. The summed E-state index contributed by atoms with van der Waals surface area (Å²) < 4.78 is 10.5. The number of aromatic hydroxyl groups is 1. The number of phenolic OH excluding ortho intramolecular Hbond substituents is 1. The Balaban J connectivity index is 1.75. The zero-order valence-electron chi connectivity index (χ0n) is 20.1. The summed E-state index contributed by atoms with van der Waals surface area (Å²) in [7, 11) is 0. The van der Waals surface area contributed by atoms with Crippen LogP contribution in [0.3, 0.4) is 0 Å². The van der Waals surface area contributed by atoms with Gasteiger partial charge in [0.25, 0.3) is 0 Å². The maximum absolute atomic E-state index is 12.5. The number of carbonyl (C=O) groups is 2. The van der Waals surface area contributed by atoms with Crippen molar-refractivity contribution in [3.05, 3.63) is 30.0 Å². The molecule has 0 bridgehead atoms. The molecule has 10 nitrogen and oxygen atoms in total. The van der Waals surface area contributed by atoms with Gasteiger partial charge in [-0.2, -0.15) is 0 Å². The fourth-order valence-corrected chi connectivity index (χ4v) is 3.76. The van der Waals surface area contributed by atoms with E-state index in [1.807, 2.05) is 20.8 Å². The van der Waals surface area contributed by atoms with Crippen molar-refractivity contribution in [1.29, 1.82) is 0 Å². The van der Waals surface area contributed by atoms with Crippen molar-refractivity contribution >= 4 is 23.6 Å². The molecule has 0 unspecified atom stereocenters. The Morgan fingerprint density at radius 1 is 1.15 bits per heavy atom. The highest BCUT2D eigenvalue weighted by atomic mass is 16.6. The average Bonchev–Trinajstić information content (AvgIpc) is 2.75. The first-order valence-electron chi connectivity index (χ1n) is 11.5. The number of amides is 1. The molecule has 5 N–H and O–H groups in total. The number of phenols is 1. The Morgan fingerprint density at radius 3 is 2.44 bits per heavy atom. The highest BCUT2D eigenvalue weighted by Crippen LogP contribution is 2.30. The van der Waals surface area contributed by atoms with E-state index in [1.165, 1.54) is 12.1 Å². The first-order valence-corrected chi connectivity index (χ1v) is 11.5. The molecule has 34 heavy (non-hydrogen) atoms. The molecule has 1 saturated carbocycles. The number of nitrogens with one attached hydrogen (secondary N) is 2. The highest BCUT2D eigenvalue weighted by molar-refractivity contribution is 5.96. The summed E-state index contributed by atoms with van der Waals surface area (Å²) in [6.07, 6.45) is 2.62. The molecule has 0 aliphatic heterocycles. The number of alkyl carbamates (subject to hydrolysis) is 1. The Labute approximate surface area is 199 Å². The van der Waals surface area contributed by atoms with E-state index in [2.05, 4.69) is 20.6 Å². The molecule has 1 aromatic carbocycles. The largest absolute Gasteiger partial charge is 0.508 e. The van der Waals surface area contributed by atoms with Gasteiger partial charge in [0.2, 0.25) is 0 Å². The minimum absolute atomic E-state index is 0.0218. The number of carbonyl (C=O) groups excluding carboxylic acids is 2. The van der Waals surface area contributed by atoms with Crippen LogP contribution in [0.2, 0.25) is 0 Å². The lowest BCUT2D eigenvalue weighted by molar-refractivity contribution is 0.0489. The van der Waals surface area contributed by atoms with Crippen LogP contribution in [0.25, 0.3) is 11.4 Å². The molecule has 2 aromatic rings. The number of hydrogen-bond donors (Lipinski definition) is 4. The van der Waals surface area contributed by atoms with Crippen LogP contribution < -0.4 is 16.4 Å². The predicted molar refractivity (Wildman–Crippen MR) is 129 cm³/mol. The summed E-state index contributed by atoms with van der Waals surface area (Å²) in [4.78, 5) is 33.4. The molecule has 1 amide bonds. The van der Waals surface area contributed by atoms with Gasteiger partial charge in [0, 0.05) is 17.6 Å². The fraction of sp³-hybridized carbons (Fsp3) is 0.500. The van der Waals surface area contributed by atoms with Crippen LogP contribution in [-0.2, 0) is 9.47 Å². The molecule has 1 aliphatic rings. The van der Waals surface area contributed by atoms with E-state index in [0.717, 1.165) is 25.7 Å². The van der Waals surface area contributed by atoms with Crippen molar-refractivity contribution in [2.24, 2.45) is 0 Å². The number of nitrogen functional groups attached to an aromatic ring is 1. The van der Waals surface area contributed by atoms with Crippen molar-refractivity contribution in [1.82, 2.24) is 15.3 Å². The molecule has 0 radical (unpaired) electrons. The van der Waals surface area contributed by atoms with Gasteiger partial charge in [-0.1, -0.05) is 12.1 Å². The Morgan fingerprint density at radius 2 is 1.82 bits per heavy atom. The molecule has 184 valence electrons. The molecule has 1 aromatic heterocycles. The van der Waals surface area contributed by atoms with E-state index in [4.69, 9.17) is 15.2 Å². The molecule has 0 spiro atoms. The van der Waals surface area contributed by atoms with Crippen molar-refractivity contribution in [3.8, 4) is 17.1 Å². The van der Waals surface area contributed by atoms with Gasteiger partial charge in [0.15, 0.2) is 17.3 Å². The Kier molecular flexibility index (Phi) is 7.80. The summed E-state index contributed by atoms with van der Waals surface area (Å²) >= 11 is 0. The third-order valence-electron chi connectivity index (χ3n) is 5.31. The monoisotopic (exact) mass is 471 g/mol. The zero-order valence-corrected chi connectivity index (χ0v) is 20.1. The average molecular weight is 472 g/mol. The van der Waals surface area contributed by atoms with Crippen molar-refractivity contribution < 1.29 is 24.2 Å². The number of aromatic nitrogens is 2. The van der Waals surface area contributed by atoms with Gasteiger partial charge in [0.05, 0.1) is 6.61 Å². The maximum atomic E-state index is 12.5. The molecule has 1 heterocycles. The van der Waals surface area contributed by atoms with Crippen LogP contribution in [0, 0.1) is 0 Å². The van der Waals surface area contributed by atoms with Gasteiger partial charge in [-0.25, -0.2) is 19.6 Å². The summed E-state index contributed by atoms with van der Waals surface area (Å²) in [6, 6.07) is 6.51. The van der Waals surface area contributed by atoms with E-state index >= 15 is 0 Å². The smallest absolute Gasteiger partial charge is 0.407 e. The molecular formula is C24H33N5O5. The van der Waals surface area contributed by atoms with Gasteiger partial charge in [0.1, 0.15) is 17.0 Å². The number of ether oxygens (including phenoxy) is 2. The van der Waals surface area contributed by atoms with E-state index in [9.17, 15) is 14.7 Å². The second-order valence-corrected chi connectivity index (χ2v) is 9.27. The maximum Gasteiger partial charge on any atom is 0.407 e. The Bertz CT molecular complexity index is 1030. The fourth-order valence-electron chi connectivity index (χ4n) is 3.76. The summed E-state index contributed by atoms with van der Waals surface area (Å²) in [5.74, 6) is -0.00562. The Hall–Kier alpha value is -3.56. The third-order valence-corrected chi connectivity index (χ3v) is 5.31. The predicted octanol–water partition coefficient (Wildman–Crippen LogP) is 3.86. The highest BCUT2D eigenvalue weighted by Gasteiger charge is 2.27. The summed E-state index contributed by atoms with van der Waals surface area (Å²) in [6.45, 7) is 7.37. The standard InChI is InChI=1S/C24H33N5O5/c1-5-33-22(31)19-18(25)21(29-20(28-19)14-7-6-8-17(30)13-14)26-15-9-11-16(12-10-15)27-23(32)34-24(2,3)4/h6-8,13,15-16,30H,5,9-12,25H2,1-4H3,(H,27,32)(H,26,28,29)/t15-,16-. The molecule has 0 atom stereocenters. The quantitative estimate of drug-likeness (QED) is 0.461. The van der Waals surface area contributed by atoms with E-state index in [0.29, 0.717) is 11.4 Å². The molecule has 10 heteroatoms. The second kappa shape index (κ2) is 10.6. The third kappa shape index (κ3) is 6.72. The topological polar surface area (TPSA) is 149 Å². The minimum Gasteiger partial charge on any atom is -0.508 e. The number of rotatable bonds is 6. The van der Waals surface area contributed by atoms with Crippen molar-refractivity contribution in [2.45, 2.75) is 71.1 Å².